The Kier molecular flexibility index (Phi) is 6.25. The first kappa shape index (κ1) is 20.3. The Morgan fingerprint density at radius 3 is 1.83 bits per heavy atom. The molecule has 0 aliphatic rings. The molecule has 3 aromatic carbocycles. The zero-order valence-corrected chi connectivity index (χ0v) is 18.0. The first-order valence-corrected chi connectivity index (χ1v) is 10.7. The molecule has 30 heavy (non-hydrogen) atoms. The van der Waals surface area contributed by atoms with Gasteiger partial charge >= 0.3 is 0 Å². The second kappa shape index (κ2) is 9.23. The zero-order valence-electron chi connectivity index (χ0n) is 15.6. The highest BCUT2D eigenvalue weighted by molar-refractivity contribution is 8.00. The van der Waals surface area contributed by atoms with Crippen molar-refractivity contribution in [2.24, 2.45) is 0 Å². The lowest BCUT2D eigenvalue weighted by Gasteiger charge is -2.17. The zero-order chi connectivity index (χ0) is 20.9. The molecule has 0 radical (unpaired) electrons. The van der Waals surface area contributed by atoms with E-state index in [1.807, 2.05) is 78.9 Å². The van der Waals surface area contributed by atoms with Crippen LogP contribution in [0, 0.1) is 11.3 Å². The van der Waals surface area contributed by atoms with Crippen molar-refractivity contribution in [3.63, 3.8) is 0 Å². The molecule has 0 aliphatic carbocycles. The maximum Gasteiger partial charge on any atom is 0.116 e. The number of halogens is 2. The van der Waals surface area contributed by atoms with Crippen LogP contribution in [0.15, 0.2) is 90.1 Å². The van der Waals surface area contributed by atoms with Gasteiger partial charge in [-0.05, 0) is 59.7 Å². The van der Waals surface area contributed by atoms with Gasteiger partial charge in [0.2, 0.25) is 0 Å². The fraction of sp³-hybridized carbons (Fsp3) is 0. The number of pyridine rings is 1. The normalized spacial score (nSPS) is 10.4. The van der Waals surface area contributed by atoms with E-state index in [4.69, 9.17) is 23.2 Å². The molecular formula is C24H15Cl2N3S. The maximum atomic E-state index is 9.64. The van der Waals surface area contributed by atoms with E-state index in [0.717, 1.165) is 33.0 Å². The predicted molar refractivity (Wildman–Crippen MR) is 126 cm³/mol. The highest BCUT2D eigenvalue weighted by Gasteiger charge is 2.15. The van der Waals surface area contributed by atoms with Crippen LogP contribution in [0.1, 0.15) is 5.56 Å². The van der Waals surface area contributed by atoms with Gasteiger partial charge in [-0.2, -0.15) is 5.26 Å². The molecule has 0 atom stereocenters. The third-order valence-electron chi connectivity index (χ3n) is 4.47. The van der Waals surface area contributed by atoms with E-state index in [2.05, 4.69) is 15.8 Å². The smallest absolute Gasteiger partial charge is 0.116 e. The van der Waals surface area contributed by atoms with E-state index in [9.17, 15) is 5.26 Å². The molecule has 0 bridgehead atoms. The number of anilines is 1. The van der Waals surface area contributed by atoms with Crippen molar-refractivity contribution in [1.82, 2.24) is 4.98 Å². The lowest BCUT2D eigenvalue weighted by molar-refractivity contribution is 1.14. The standard InChI is InChI=1S/C24H15Cl2N3S/c25-19-8-4-17(5-9-19)21-13-16(15-27)14-22(18-6-10-20(26)11-7-18)24(21)29-30-23-3-1-2-12-28-23/h1-14,29H. The first-order valence-electron chi connectivity index (χ1n) is 9.08. The molecule has 0 saturated heterocycles. The molecule has 0 unspecified atom stereocenters. The number of nitrogens with one attached hydrogen (secondary N) is 1. The van der Waals surface area contributed by atoms with Crippen LogP contribution in [0.2, 0.25) is 10.0 Å². The van der Waals surface area contributed by atoms with E-state index >= 15 is 0 Å². The molecular weight excluding hydrogens is 433 g/mol. The summed E-state index contributed by atoms with van der Waals surface area (Å²) in [4.78, 5) is 4.37. The Morgan fingerprint density at radius 1 is 0.800 bits per heavy atom. The molecule has 4 aromatic rings. The SMILES string of the molecule is N#Cc1cc(-c2ccc(Cl)cc2)c(NSc2ccccn2)c(-c2ccc(Cl)cc2)c1. The summed E-state index contributed by atoms with van der Waals surface area (Å²) in [7, 11) is 0. The van der Waals surface area contributed by atoms with Crippen LogP contribution in [0.25, 0.3) is 22.3 Å². The molecule has 1 aromatic heterocycles. The maximum absolute atomic E-state index is 9.64. The largest absolute Gasteiger partial charge is 0.323 e. The van der Waals surface area contributed by atoms with Crippen molar-refractivity contribution in [2.45, 2.75) is 5.03 Å². The molecule has 0 aliphatic heterocycles. The van der Waals surface area contributed by atoms with Crippen LogP contribution in [-0.2, 0) is 0 Å². The van der Waals surface area contributed by atoms with Gasteiger partial charge in [-0.1, -0.05) is 53.5 Å². The van der Waals surface area contributed by atoms with E-state index in [1.165, 1.54) is 11.9 Å². The number of aromatic nitrogens is 1. The number of hydrogen-bond donors (Lipinski definition) is 1. The predicted octanol–water partition coefficient (Wildman–Crippen LogP) is 7.71. The molecule has 4 rings (SSSR count). The summed E-state index contributed by atoms with van der Waals surface area (Å²) >= 11 is 13.6. The van der Waals surface area contributed by atoms with Gasteiger partial charge in [0.1, 0.15) is 5.03 Å². The monoisotopic (exact) mass is 447 g/mol. The Balaban J connectivity index is 1.88. The van der Waals surface area contributed by atoms with Crippen molar-refractivity contribution in [2.75, 3.05) is 4.72 Å². The molecule has 0 saturated carbocycles. The molecule has 0 amide bonds. The topological polar surface area (TPSA) is 48.7 Å². The highest BCUT2D eigenvalue weighted by Crippen LogP contribution is 2.41. The number of hydrogen-bond acceptors (Lipinski definition) is 4. The molecule has 1 heterocycles. The number of benzene rings is 3. The Hall–Kier alpha value is -2.97. The minimum Gasteiger partial charge on any atom is -0.323 e. The quantitative estimate of drug-likeness (QED) is 0.318. The number of rotatable bonds is 5. The molecule has 0 fully saturated rings. The van der Waals surface area contributed by atoms with Gasteiger partial charge in [-0.15, -0.1) is 0 Å². The van der Waals surface area contributed by atoms with Crippen molar-refractivity contribution in [1.29, 1.82) is 5.26 Å². The van der Waals surface area contributed by atoms with Crippen LogP contribution in [-0.4, -0.2) is 4.98 Å². The number of nitriles is 1. The molecule has 1 N–H and O–H groups in total. The third-order valence-corrected chi connectivity index (χ3v) is 5.73. The van der Waals surface area contributed by atoms with E-state index < -0.39 is 0 Å². The van der Waals surface area contributed by atoms with Crippen molar-refractivity contribution in [3.8, 4) is 28.3 Å². The second-order valence-electron chi connectivity index (χ2n) is 6.44. The summed E-state index contributed by atoms with van der Waals surface area (Å²) < 4.78 is 3.45. The minimum atomic E-state index is 0.568. The lowest BCUT2D eigenvalue weighted by Crippen LogP contribution is -1.97. The second-order valence-corrected chi connectivity index (χ2v) is 8.14. The van der Waals surface area contributed by atoms with Crippen molar-refractivity contribution >= 4 is 40.8 Å². The Labute approximate surface area is 189 Å². The van der Waals surface area contributed by atoms with Crippen molar-refractivity contribution in [3.05, 3.63) is 101 Å². The molecule has 3 nitrogen and oxygen atoms in total. The first-order chi connectivity index (χ1) is 14.6. The summed E-state index contributed by atoms with van der Waals surface area (Å²) in [6.45, 7) is 0. The van der Waals surface area contributed by atoms with Gasteiger partial charge in [-0.25, -0.2) is 4.98 Å². The Morgan fingerprint density at radius 2 is 1.37 bits per heavy atom. The van der Waals surface area contributed by atoms with Crippen molar-refractivity contribution < 1.29 is 0 Å². The summed E-state index contributed by atoms with van der Waals surface area (Å²) in [5.74, 6) is 0. The summed E-state index contributed by atoms with van der Waals surface area (Å²) in [5.41, 5.74) is 5.16. The van der Waals surface area contributed by atoms with Gasteiger partial charge in [-0.3, -0.25) is 0 Å². The van der Waals surface area contributed by atoms with E-state index in [0.29, 0.717) is 15.6 Å². The fourth-order valence-corrected chi connectivity index (χ4v) is 3.98. The summed E-state index contributed by atoms with van der Waals surface area (Å²) in [6, 6.07) is 26.9. The average Bonchev–Trinajstić information content (AvgIpc) is 2.79. The summed E-state index contributed by atoms with van der Waals surface area (Å²) in [6.07, 6.45) is 1.75. The van der Waals surface area contributed by atoms with Crippen LogP contribution >= 0.6 is 35.1 Å². The van der Waals surface area contributed by atoms with E-state index in [1.54, 1.807) is 6.20 Å². The van der Waals surface area contributed by atoms with Crippen LogP contribution < -0.4 is 4.72 Å². The minimum absolute atomic E-state index is 0.568. The van der Waals surface area contributed by atoms with Crippen LogP contribution in [0.3, 0.4) is 0 Å². The third kappa shape index (κ3) is 4.60. The van der Waals surface area contributed by atoms with Gasteiger partial charge in [0.15, 0.2) is 0 Å². The van der Waals surface area contributed by atoms with Crippen LogP contribution in [0.4, 0.5) is 5.69 Å². The van der Waals surface area contributed by atoms with Crippen LogP contribution in [0.5, 0.6) is 0 Å². The van der Waals surface area contributed by atoms with E-state index in [-0.39, 0.29) is 0 Å². The summed E-state index contributed by atoms with van der Waals surface area (Å²) in [5, 5.41) is 11.8. The fourth-order valence-electron chi connectivity index (χ4n) is 3.04. The lowest BCUT2D eigenvalue weighted by atomic mass is 9.94. The average molecular weight is 448 g/mol. The molecule has 146 valence electrons. The number of nitrogens with zero attached hydrogens (tertiary/aromatic N) is 2. The van der Waals surface area contributed by atoms with Gasteiger partial charge in [0.05, 0.1) is 17.3 Å². The highest BCUT2D eigenvalue weighted by atomic mass is 35.5. The Bertz CT molecular complexity index is 1140. The van der Waals surface area contributed by atoms with Gasteiger partial charge in [0.25, 0.3) is 0 Å². The molecule has 6 heteroatoms. The van der Waals surface area contributed by atoms with Gasteiger partial charge in [0, 0.05) is 39.3 Å². The van der Waals surface area contributed by atoms with Gasteiger partial charge < -0.3 is 4.72 Å². The molecule has 0 spiro atoms.